The Kier molecular flexibility index (Phi) is 8.76. The SMILES string of the molecule is C[C]1[CH][C](c2ccccc2-c2ccccc2[C]2[CH][C](C)[C](C)[CH]2)[CH][C]1C.[Cl][Ti][Cl]. The van der Waals surface area contributed by atoms with Gasteiger partial charge in [0.2, 0.25) is 0 Å². The molecule has 2 aromatic rings. The molecule has 4 rings (SSSR count). The maximum absolute atomic E-state index is 4.89. The van der Waals surface area contributed by atoms with Gasteiger partial charge in [-0.15, -0.1) is 0 Å². The Morgan fingerprint density at radius 3 is 1.00 bits per heavy atom. The van der Waals surface area contributed by atoms with Gasteiger partial charge >= 0.3 is 35.6 Å². The van der Waals surface area contributed by atoms with Crippen LogP contribution in [0.3, 0.4) is 0 Å². The average molecular weight is 455 g/mol. The van der Waals surface area contributed by atoms with Crippen molar-refractivity contribution in [3.8, 4) is 11.1 Å². The maximum atomic E-state index is 4.89. The Morgan fingerprint density at radius 2 is 0.724 bits per heavy atom. The van der Waals surface area contributed by atoms with E-state index < -0.39 is 17.0 Å². The summed E-state index contributed by atoms with van der Waals surface area (Å²) in [5, 5.41) is 0. The topological polar surface area (TPSA) is 0 Å². The average Bonchev–Trinajstić information content (AvgIpc) is 3.23. The Bertz CT molecular complexity index is 704. The molecular weight excluding hydrogens is 431 g/mol. The summed E-state index contributed by atoms with van der Waals surface area (Å²) in [6.45, 7) is 8.74. The Labute approximate surface area is 194 Å². The van der Waals surface area contributed by atoms with Gasteiger partial charge in [-0.25, -0.2) is 0 Å². The van der Waals surface area contributed by atoms with Crippen LogP contribution < -0.4 is 0 Å². The molecule has 29 heavy (non-hydrogen) atoms. The molecule has 10 radical (unpaired) electrons. The van der Waals surface area contributed by atoms with Crippen molar-refractivity contribution in [1.82, 2.24) is 0 Å². The van der Waals surface area contributed by atoms with Gasteiger partial charge in [-0.3, -0.25) is 0 Å². The third-order valence-electron chi connectivity index (χ3n) is 5.50. The van der Waals surface area contributed by atoms with Crippen LogP contribution in [0.25, 0.3) is 11.1 Å². The van der Waals surface area contributed by atoms with Crippen LogP contribution in [-0.4, -0.2) is 0 Å². The fraction of sp³-hybridized carbons (Fsp3) is 0.154. The fourth-order valence-electron chi connectivity index (χ4n) is 3.72. The van der Waals surface area contributed by atoms with Gasteiger partial charge in [-0.05, 0) is 71.6 Å². The van der Waals surface area contributed by atoms with Gasteiger partial charge in [0, 0.05) is 11.8 Å². The van der Waals surface area contributed by atoms with Crippen molar-refractivity contribution in [3.05, 3.63) is 121 Å². The Balaban J connectivity index is 0.000000755. The molecule has 0 N–H and O–H groups in total. The molecule has 3 heteroatoms. The molecule has 146 valence electrons. The van der Waals surface area contributed by atoms with E-state index >= 15 is 0 Å². The summed E-state index contributed by atoms with van der Waals surface area (Å²) < 4.78 is 0. The molecule has 2 aromatic carbocycles. The summed E-state index contributed by atoms with van der Waals surface area (Å²) in [5.74, 6) is 8.02. The predicted octanol–water partition coefficient (Wildman–Crippen LogP) is 7.80. The van der Waals surface area contributed by atoms with Crippen LogP contribution in [0.15, 0.2) is 48.5 Å². The van der Waals surface area contributed by atoms with Crippen molar-refractivity contribution >= 4 is 18.6 Å². The van der Waals surface area contributed by atoms with E-state index in [0.29, 0.717) is 0 Å². The summed E-state index contributed by atoms with van der Waals surface area (Å²) >= 11 is -0.556. The Hall–Kier alpha value is -0.266. The van der Waals surface area contributed by atoms with Crippen molar-refractivity contribution in [2.24, 2.45) is 0 Å². The predicted molar refractivity (Wildman–Crippen MR) is 121 cm³/mol. The molecule has 0 aliphatic heterocycles. The minimum absolute atomic E-state index is 0.556. The van der Waals surface area contributed by atoms with E-state index in [2.05, 4.69) is 102 Å². The first kappa shape index (κ1) is 23.4. The molecule has 0 aromatic heterocycles. The standard InChI is InChI=1S/C26H24.2ClH.Ti/c1-17-13-21(14-18(17)2)23-9-5-7-11-25(23)26-12-8-6-10-24(26)22-15-19(3)20(4)16-22;;;/h5-16H,1-4H3;2*1H;/q;;;+2/p-2. The second-order valence-corrected chi connectivity index (χ2v) is 9.96. The van der Waals surface area contributed by atoms with E-state index in [-0.39, 0.29) is 0 Å². The van der Waals surface area contributed by atoms with Gasteiger partial charge in [-0.2, -0.15) is 0 Å². The zero-order valence-electron chi connectivity index (χ0n) is 17.2. The van der Waals surface area contributed by atoms with Gasteiger partial charge in [0.15, 0.2) is 0 Å². The van der Waals surface area contributed by atoms with Crippen LogP contribution in [-0.2, 0) is 17.0 Å². The molecule has 2 fully saturated rings. The first-order valence-corrected chi connectivity index (χ1v) is 13.9. The molecule has 0 bridgehead atoms. The van der Waals surface area contributed by atoms with Crippen LogP contribution >= 0.6 is 18.6 Å². The third kappa shape index (κ3) is 5.51. The van der Waals surface area contributed by atoms with E-state index in [1.165, 1.54) is 57.8 Å². The summed E-state index contributed by atoms with van der Waals surface area (Å²) in [5.41, 5.74) is 5.20. The van der Waals surface area contributed by atoms with Crippen LogP contribution in [0.5, 0.6) is 0 Å². The van der Waals surface area contributed by atoms with E-state index in [1.54, 1.807) is 0 Å². The molecule has 0 unspecified atom stereocenters. The van der Waals surface area contributed by atoms with Crippen LogP contribution in [0.4, 0.5) is 0 Å². The van der Waals surface area contributed by atoms with Crippen molar-refractivity contribution in [2.45, 2.75) is 27.7 Å². The molecule has 0 atom stereocenters. The molecule has 0 amide bonds. The van der Waals surface area contributed by atoms with E-state index in [1.807, 2.05) is 0 Å². The molecule has 2 aliphatic rings. The molecule has 0 nitrogen and oxygen atoms in total. The van der Waals surface area contributed by atoms with Crippen molar-refractivity contribution < 1.29 is 17.0 Å². The van der Waals surface area contributed by atoms with Crippen molar-refractivity contribution in [2.75, 3.05) is 0 Å². The van der Waals surface area contributed by atoms with Gasteiger partial charge in [0.05, 0.1) is 0 Å². The normalized spacial score (nSPS) is 20.1. The minimum atomic E-state index is -0.556. The molecule has 0 spiro atoms. The van der Waals surface area contributed by atoms with Crippen LogP contribution in [0, 0.1) is 61.2 Å². The second-order valence-electron chi connectivity index (χ2n) is 7.38. The number of benzene rings is 2. The van der Waals surface area contributed by atoms with Gasteiger partial charge in [-0.1, -0.05) is 76.2 Å². The van der Waals surface area contributed by atoms with Gasteiger partial charge in [0.1, 0.15) is 0 Å². The van der Waals surface area contributed by atoms with Gasteiger partial charge < -0.3 is 0 Å². The summed E-state index contributed by atoms with van der Waals surface area (Å²) in [6.07, 6.45) is 9.20. The number of hydrogen-bond donors (Lipinski definition) is 0. The third-order valence-corrected chi connectivity index (χ3v) is 5.50. The Morgan fingerprint density at radius 1 is 0.483 bits per heavy atom. The van der Waals surface area contributed by atoms with Crippen molar-refractivity contribution in [3.63, 3.8) is 0 Å². The molecule has 2 saturated carbocycles. The fourth-order valence-corrected chi connectivity index (χ4v) is 3.72. The summed E-state index contributed by atoms with van der Waals surface area (Å²) in [6, 6.07) is 17.5. The first-order valence-electron chi connectivity index (χ1n) is 9.59. The molecule has 0 heterocycles. The first-order chi connectivity index (χ1) is 14.0. The molecule has 2 aliphatic carbocycles. The summed E-state index contributed by atoms with van der Waals surface area (Å²) in [7, 11) is 9.78. The zero-order chi connectivity index (χ0) is 21.0. The van der Waals surface area contributed by atoms with Crippen LogP contribution in [0.1, 0.15) is 38.8 Å². The number of rotatable bonds is 3. The molecular formula is C26H24Cl2Ti. The van der Waals surface area contributed by atoms with Gasteiger partial charge in [0.25, 0.3) is 0 Å². The quantitative estimate of drug-likeness (QED) is 0.415. The monoisotopic (exact) mass is 454 g/mol. The zero-order valence-corrected chi connectivity index (χ0v) is 20.3. The van der Waals surface area contributed by atoms with Crippen LogP contribution in [0.2, 0.25) is 0 Å². The van der Waals surface area contributed by atoms with E-state index in [0.717, 1.165) is 0 Å². The van der Waals surface area contributed by atoms with E-state index in [9.17, 15) is 0 Å². The number of halogens is 2. The number of hydrogen-bond acceptors (Lipinski definition) is 0. The second kappa shape index (κ2) is 10.9. The summed E-state index contributed by atoms with van der Waals surface area (Å²) in [4.78, 5) is 0. The van der Waals surface area contributed by atoms with E-state index in [4.69, 9.17) is 18.6 Å². The van der Waals surface area contributed by atoms with Crippen molar-refractivity contribution in [1.29, 1.82) is 0 Å². The molecule has 0 saturated heterocycles.